The van der Waals surface area contributed by atoms with E-state index < -0.39 is 0 Å². The van der Waals surface area contributed by atoms with Crippen LogP contribution in [0.15, 0.2) is 24.3 Å². The van der Waals surface area contributed by atoms with Crippen LogP contribution in [0.2, 0.25) is 0 Å². The van der Waals surface area contributed by atoms with Gasteiger partial charge in [-0.15, -0.1) is 5.10 Å². The lowest BCUT2D eigenvalue weighted by Gasteiger charge is -2.32. The highest BCUT2D eigenvalue weighted by molar-refractivity contribution is 5.92. The van der Waals surface area contributed by atoms with Gasteiger partial charge in [-0.05, 0) is 19.8 Å². The van der Waals surface area contributed by atoms with Crippen molar-refractivity contribution < 1.29 is 4.79 Å². The Morgan fingerprint density at radius 3 is 2.81 bits per heavy atom. The Labute approximate surface area is 124 Å². The highest BCUT2D eigenvalue weighted by Gasteiger charge is 2.22. The molecule has 1 aromatic carbocycles. The molecule has 0 aliphatic carbocycles. The number of piperidine rings is 1. The minimum Gasteiger partial charge on any atom is -0.364 e. The number of carbonyl (C=O) groups excluding carboxylic acids is 1. The van der Waals surface area contributed by atoms with Crippen molar-refractivity contribution in [1.29, 1.82) is 0 Å². The smallest absolute Gasteiger partial charge is 0.219 e. The van der Waals surface area contributed by atoms with Crippen LogP contribution in [-0.2, 0) is 4.79 Å². The van der Waals surface area contributed by atoms with E-state index in [0.29, 0.717) is 0 Å². The lowest BCUT2D eigenvalue weighted by molar-refractivity contribution is -0.129. The Hall–Kier alpha value is -2.17. The van der Waals surface area contributed by atoms with Crippen LogP contribution in [0, 0.1) is 6.92 Å². The van der Waals surface area contributed by atoms with Crippen molar-refractivity contribution in [3.63, 3.8) is 0 Å². The SMILES string of the molecule is CC(=O)N1CCCC(Nc2nnc(C)c3ccccc23)C1. The molecule has 21 heavy (non-hydrogen) atoms. The quantitative estimate of drug-likeness (QED) is 0.919. The van der Waals surface area contributed by atoms with E-state index in [1.54, 1.807) is 6.92 Å². The number of hydrogen-bond donors (Lipinski definition) is 1. The summed E-state index contributed by atoms with van der Waals surface area (Å²) in [5.74, 6) is 0.952. The van der Waals surface area contributed by atoms with Crippen LogP contribution in [0.1, 0.15) is 25.5 Å². The summed E-state index contributed by atoms with van der Waals surface area (Å²) >= 11 is 0. The molecule has 0 bridgehead atoms. The van der Waals surface area contributed by atoms with Crippen molar-refractivity contribution >= 4 is 22.5 Å². The van der Waals surface area contributed by atoms with E-state index in [1.165, 1.54) is 0 Å². The fourth-order valence-electron chi connectivity index (χ4n) is 2.92. The van der Waals surface area contributed by atoms with Gasteiger partial charge in [0.15, 0.2) is 5.82 Å². The molecule has 1 saturated heterocycles. The highest BCUT2D eigenvalue weighted by Crippen LogP contribution is 2.24. The van der Waals surface area contributed by atoms with E-state index >= 15 is 0 Å². The summed E-state index contributed by atoms with van der Waals surface area (Å²) < 4.78 is 0. The average molecular weight is 284 g/mol. The topological polar surface area (TPSA) is 58.1 Å². The molecule has 3 rings (SSSR count). The summed E-state index contributed by atoms with van der Waals surface area (Å²) in [6, 6.07) is 8.39. The van der Waals surface area contributed by atoms with Crippen LogP contribution >= 0.6 is 0 Å². The monoisotopic (exact) mass is 284 g/mol. The maximum absolute atomic E-state index is 11.5. The van der Waals surface area contributed by atoms with Gasteiger partial charge in [-0.2, -0.15) is 5.10 Å². The van der Waals surface area contributed by atoms with E-state index in [1.807, 2.05) is 24.0 Å². The number of aryl methyl sites for hydroxylation is 1. The first-order chi connectivity index (χ1) is 10.1. The van der Waals surface area contributed by atoms with Gasteiger partial charge in [0.2, 0.25) is 5.91 Å². The number of amides is 1. The van der Waals surface area contributed by atoms with E-state index in [-0.39, 0.29) is 11.9 Å². The Balaban J connectivity index is 1.85. The predicted octanol–water partition coefficient (Wildman–Crippen LogP) is 2.36. The number of hydrogen-bond acceptors (Lipinski definition) is 4. The van der Waals surface area contributed by atoms with Gasteiger partial charge >= 0.3 is 0 Å². The minimum absolute atomic E-state index is 0.140. The number of anilines is 1. The van der Waals surface area contributed by atoms with Crippen LogP contribution < -0.4 is 5.32 Å². The van der Waals surface area contributed by atoms with Crippen molar-refractivity contribution in [2.24, 2.45) is 0 Å². The average Bonchev–Trinajstić information content (AvgIpc) is 2.51. The van der Waals surface area contributed by atoms with Crippen LogP contribution in [0.25, 0.3) is 10.8 Å². The number of benzene rings is 1. The third kappa shape index (κ3) is 2.82. The summed E-state index contributed by atoms with van der Waals surface area (Å²) in [4.78, 5) is 13.4. The molecule has 2 heterocycles. The van der Waals surface area contributed by atoms with Crippen LogP contribution in [0.4, 0.5) is 5.82 Å². The molecule has 2 aromatic rings. The molecule has 0 spiro atoms. The minimum atomic E-state index is 0.140. The molecule has 5 heteroatoms. The fourth-order valence-corrected chi connectivity index (χ4v) is 2.92. The number of nitrogens with one attached hydrogen (secondary N) is 1. The van der Waals surface area contributed by atoms with Crippen molar-refractivity contribution in [3.8, 4) is 0 Å². The summed E-state index contributed by atoms with van der Waals surface area (Å²) in [5, 5.41) is 14.2. The molecule has 1 fully saturated rings. The molecule has 1 N–H and O–H groups in total. The molecule has 1 aliphatic heterocycles. The Morgan fingerprint density at radius 1 is 1.29 bits per heavy atom. The largest absolute Gasteiger partial charge is 0.364 e. The molecular weight excluding hydrogens is 264 g/mol. The molecular formula is C16H20N4O. The number of carbonyl (C=O) groups is 1. The zero-order valence-electron chi connectivity index (χ0n) is 12.5. The van der Waals surface area contributed by atoms with Gasteiger partial charge in [-0.25, -0.2) is 0 Å². The van der Waals surface area contributed by atoms with Crippen LogP contribution in [-0.4, -0.2) is 40.1 Å². The van der Waals surface area contributed by atoms with Gasteiger partial charge in [0.1, 0.15) is 0 Å². The fraction of sp³-hybridized carbons (Fsp3) is 0.438. The van der Waals surface area contributed by atoms with Crippen molar-refractivity contribution in [2.75, 3.05) is 18.4 Å². The first kappa shape index (κ1) is 13.8. The van der Waals surface area contributed by atoms with Gasteiger partial charge < -0.3 is 10.2 Å². The number of aromatic nitrogens is 2. The van der Waals surface area contributed by atoms with Crippen molar-refractivity contribution in [2.45, 2.75) is 32.7 Å². The first-order valence-corrected chi connectivity index (χ1v) is 7.39. The second-order valence-corrected chi connectivity index (χ2v) is 5.63. The summed E-state index contributed by atoms with van der Waals surface area (Å²) in [6.07, 6.45) is 2.07. The van der Waals surface area contributed by atoms with Crippen LogP contribution in [0.3, 0.4) is 0 Å². The zero-order chi connectivity index (χ0) is 14.8. The zero-order valence-corrected chi connectivity index (χ0v) is 12.5. The highest BCUT2D eigenvalue weighted by atomic mass is 16.2. The Bertz CT molecular complexity index is 670. The number of fused-ring (bicyclic) bond motifs is 1. The van der Waals surface area contributed by atoms with E-state index in [9.17, 15) is 4.79 Å². The molecule has 1 aliphatic rings. The van der Waals surface area contributed by atoms with E-state index in [4.69, 9.17) is 0 Å². The molecule has 5 nitrogen and oxygen atoms in total. The summed E-state index contributed by atoms with van der Waals surface area (Å²) in [7, 11) is 0. The van der Waals surface area contributed by atoms with E-state index in [2.05, 4.69) is 27.6 Å². The van der Waals surface area contributed by atoms with Crippen LogP contribution in [0.5, 0.6) is 0 Å². The van der Waals surface area contributed by atoms with Gasteiger partial charge in [-0.3, -0.25) is 4.79 Å². The lowest BCUT2D eigenvalue weighted by Crippen LogP contribution is -2.44. The second kappa shape index (κ2) is 5.68. The molecule has 1 aromatic heterocycles. The maximum Gasteiger partial charge on any atom is 0.219 e. The van der Waals surface area contributed by atoms with Gasteiger partial charge in [-0.1, -0.05) is 24.3 Å². The molecule has 1 unspecified atom stereocenters. The second-order valence-electron chi connectivity index (χ2n) is 5.63. The standard InChI is InChI=1S/C16H20N4O/c1-11-14-7-3-4-8-15(14)16(19-18-11)17-13-6-5-9-20(10-13)12(2)21/h3-4,7-8,13H,5-6,9-10H2,1-2H3,(H,17,19). The molecule has 1 atom stereocenters. The van der Waals surface area contributed by atoms with Crippen molar-refractivity contribution in [1.82, 2.24) is 15.1 Å². The summed E-state index contributed by atoms with van der Waals surface area (Å²) in [5.41, 5.74) is 0.935. The Kier molecular flexibility index (Phi) is 3.73. The summed E-state index contributed by atoms with van der Waals surface area (Å²) in [6.45, 7) is 5.19. The van der Waals surface area contributed by atoms with E-state index in [0.717, 1.165) is 48.2 Å². The normalized spacial score (nSPS) is 18.8. The number of nitrogens with zero attached hydrogens (tertiary/aromatic N) is 3. The van der Waals surface area contributed by atoms with Crippen molar-refractivity contribution in [3.05, 3.63) is 30.0 Å². The third-order valence-corrected chi connectivity index (χ3v) is 4.08. The maximum atomic E-state index is 11.5. The number of rotatable bonds is 2. The molecule has 0 saturated carbocycles. The molecule has 1 amide bonds. The Morgan fingerprint density at radius 2 is 2.05 bits per heavy atom. The molecule has 110 valence electrons. The number of likely N-dealkylation sites (tertiary alicyclic amines) is 1. The first-order valence-electron chi connectivity index (χ1n) is 7.39. The lowest BCUT2D eigenvalue weighted by atomic mass is 10.0. The predicted molar refractivity (Wildman–Crippen MR) is 83.2 cm³/mol. The van der Waals surface area contributed by atoms with Gasteiger partial charge in [0, 0.05) is 36.8 Å². The van der Waals surface area contributed by atoms with Gasteiger partial charge in [0.05, 0.1) is 5.69 Å². The van der Waals surface area contributed by atoms with Gasteiger partial charge in [0.25, 0.3) is 0 Å². The third-order valence-electron chi connectivity index (χ3n) is 4.08. The molecule has 0 radical (unpaired) electrons.